The van der Waals surface area contributed by atoms with Gasteiger partial charge in [-0.3, -0.25) is 29.6 Å². The average Bonchev–Trinajstić information content (AvgIpc) is 3.70. The van der Waals surface area contributed by atoms with Crippen LogP contribution in [0.5, 0.6) is 17.5 Å². The number of amides is 4. The number of benzene rings is 3. The Bertz CT molecular complexity index is 3140. The van der Waals surface area contributed by atoms with Gasteiger partial charge in [0.15, 0.2) is 5.75 Å². The van der Waals surface area contributed by atoms with E-state index in [2.05, 4.69) is 24.8 Å². The van der Waals surface area contributed by atoms with E-state index in [9.17, 15) is 64.1 Å². The average molecular weight is 1240 g/mol. The molecule has 79 heavy (non-hydrogen) atoms. The van der Waals surface area contributed by atoms with Crippen LogP contribution in [0.2, 0.25) is 15.1 Å². The van der Waals surface area contributed by atoms with E-state index in [1.165, 1.54) is 47.1 Å². The maximum absolute atomic E-state index is 12.7. The Balaban J connectivity index is 0.000000301. The summed E-state index contributed by atoms with van der Waals surface area (Å²) in [5.41, 5.74) is 1.28. The van der Waals surface area contributed by atoms with Crippen molar-refractivity contribution in [2.45, 2.75) is 50.7 Å². The number of sulfonamides is 1. The van der Waals surface area contributed by atoms with Gasteiger partial charge in [0.25, 0.3) is 21.8 Å². The summed E-state index contributed by atoms with van der Waals surface area (Å²) in [6, 6.07) is 10.9. The number of carbonyl (C=O) groups excluding carboxylic acids is 4. The molecule has 0 bridgehead atoms. The Labute approximate surface area is 463 Å². The molecule has 428 valence electrons. The van der Waals surface area contributed by atoms with Gasteiger partial charge in [0, 0.05) is 16.2 Å². The number of nitrogens with one attached hydrogen (secondary N) is 3. The molecule has 1 aromatic heterocycles. The number of ether oxygens (including phenoxy) is 4. The Hall–Kier alpha value is -7.15. The summed E-state index contributed by atoms with van der Waals surface area (Å²) in [6.07, 6.45) is 3.85. The van der Waals surface area contributed by atoms with Gasteiger partial charge >= 0.3 is 50.7 Å². The van der Waals surface area contributed by atoms with Crippen molar-refractivity contribution in [3.8, 4) is 17.5 Å². The van der Waals surface area contributed by atoms with Gasteiger partial charge in [0.1, 0.15) is 15.5 Å². The third-order valence-electron chi connectivity index (χ3n) is 9.41. The Morgan fingerprint density at radius 2 is 1.37 bits per heavy atom. The minimum atomic E-state index is -4.71. The van der Waals surface area contributed by atoms with E-state index in [1.807, 2.05) is 0 Å². The number of anilines is 2. The minimum Gasteiger partial charge on any atom is -0.494 e. The molecule has 1 aliphatic heterocycles. The highest BCUT2D eigenvalue weighted by Crippen LogP contribution is 2.38. The van der Waals surface area contributed by atoms with Crippen LogP contribution in [0.15, 0.2) is 81.7 Å². The highest BCUT2D eigenvalue weighted by molar-refractivity contribution is 7.90. The van der Waals surface area contributed by atoms with Crippen molar-refractivity contribution >= 4 is 123 Å². The Morgan fingerprint density at radius 1 is 0.823 bits per heavy atom. The lowest BCUT2D eigenvalue weighted by Gasteiger charge is -2.16. The summed E-state index contributed by atoms with van der Waals surface area (Å²) in [5, 5.41) is 30.1. The molecule has 8 N–H and O–H groups in total. The molecule has 2 aliphatic rings. The van der Waals surface area contributed by atoms with E-state index in [-0.39, 0.29) is 44.8 Å². The quantitative estimate of drug-likeness (QED) is 0.0156. The first kappa shape index (κ1) is 66.1. The summed E-state index contributed by atoms with van der Waals surface area (Å²) >= 11 is 23.5. The van der Waals surface area contributed by atoms with Crippen LogP contribution in [-0.4, -0.2) is 125 Å². The number of methoxy groups -OCH3 is 1. The predicted molar refractivity (Wildman–Crippen MR) is 270 cm³/mol. The fourth-order valence-electron chi connectivity index (χ4n) is 6.34. The number of carboxylic acids is 3. The zero-order chi connectivity index (χ0) is 59.5. The highest BCUT2D eigenvalue weighted by Gasteiger charge is 2.40. The molecule has 2 heterocycles. The lowest BCUT2D eigenvalue weighted by Crippen LogP contribution is -2.35. The molecule has 3 aromatic carbocycles. The molecular formula is C44H41Cl4F4N6O19PS. The van der Waals surface area contributed by atoms with Gasteiger partial charge in [0.05, 0.1) is 53.9 Å². The first-order chi connectivity index (χ1) is 36.9. The maximum Gasteiger partial charge on any atom is 0.388 e. The number of aliphatic carboxylic acids is 1. The second-order valence-electron chi connectivity index (χ2n) is 14.9. The van der Waals surface area contributed by atoms with Crippen molar-refractivity contribution in [2.75, 3.05) is 36.8 Å². The standard InChI is InChI=1S/C19H17Cl2NO4.C14H10F4N4O7S.C8H6Cl2O3.C3H8NO5P/c1-2-26-19(25)16(21)10-11-9-12(7-8-15(11)20)22-17(23)13-5-3-4-6-14(13)18(22)24;15-11(16)28-8-5-9(29-12(17)18)20-13(19-8)21-14(25)22-30(26,27)7-4-2-1-3-6(7)10(23)24;1-13-7-5(10)3-2-4(9)6(7)8(11)12;5-3(6)1-4-2-10(7,8)9/h7-10H,2-6H2,1H3;1-5,11-12H,(H,23,24)(H2,19,20,21,22,25);2-3H,1H3,(H,11,12);4H,1-2H2,(H,5,6)(H2,7,8,9)/b16-10-;;;. The van der Waals surface area contributed by atoms with Crippen molar-refractivity contribution in [1.82, 2.24) is 20.0 Å². The van der Waals surface area contributed by atoms with Gasteiger partial charge in [-0.25, -0.2) is 37.2 Å². The molecule has 35 heteroatoms. The Morgan fingerprint density at radius 3 is 1.85 bits per heavy atom. The van der Waals surface area contributed by atoms with Crippen LogP contribution in [0, 0.1) is 0 Å². The summed E-state index contributed by atoms with van der Waals surface area (Å²) in [4.78, 5) is 104. The highest BCUT2D eigenvalue weighted by atomic mass is 35.5. The largest absolute Gasteiger partial charge is 0.494 e. The van der Waals surface area contributed by atoms with Gasteiger partial charge in [-0.2, -0.15) is 27.5 Å². The van der Waals surface area contributed by atoms with Crippen LogP contribution in [0.1, 0.15) is 58.9 Å². The van der Waals surface area contributed by atoms with E-state index in [0.29, 0.717) is 46.3 Å². The lowest BCUT2D eigenvalue weighted by atomic mass is 9.93. The van der Waals surface area contributed by atoms with E-state index >= 15 is 0 Å². The number of hydrogen-bond donors (Lipinski definition) is 8. The van der Waals surface area contributed by atoms with Crippen LogP contribution in [0.3, 0.4) is 0 Å². The fraction of sp³-hybridized carbons (Fsp3) is 0.250. The van der Waals surface area contributed by atoms with Gasteiger partial charge in [0.2, 0.25) is 17.7 Å². The van der Waals surface area contributed by atoms with Crippen molar-refractivity contribution in [3.05, 3.63) is 109 Å². The number of aromatic nitrogens is 2. The number of alkyl halides is 4. The molecule has 6 rings (SSSR count). The summed E-state index contributed by atoms with van der Waals surface area (Å²) in [5.74, 6) is -7.90. The van der Waals surface area contributed by atoms with Gasteiger partial charge in [-0.1, -0.05) is 58.5 Å². The SMILES string of the molecule is CCOC(=O)/C(Cl)=C/c1cc(N2C(=O)C3=C(CCCC3)C2=O)ccc1Cl.COc1c(Cl)ccc(Cl)c1C(=O)O.O=C(Nc1nc(OC(F)F)cc(OC(F)F)n1)NS(=O)(=O)c1ccccc1C(=O)O.O=C(O)CNCP(=O)(O)O. The molecular weight excluding hydrogens is 1200 g/mol. The minimum absolute atomic E-state index is 0.0849. The number of carbonyl (C=O) groups is 7. The monoisotopic (exact) mass is 1240 g/mol. The molecule has 0 atom stereocenters. The van der Waals surface area contributed by atoms with Gasteiger partial charge in [-0.15, -0.1) is 0 Å². The van der Waals surface area contributed by atoms with Crippen LogP contribution in [0.4, 0.5) is 34.0 Å². The van der Waals surface area contributed by atoms with Crippen LogP contribution >= 0.6 is 54.0 Å². The van der Waals surface area contributed by atoms with Crippen molar-refractivity contribution in [2.24, 2.45) is 0 Å². The number of halogens is 8. The molecule has 0 saturated heterocycles. The van der Waals surface area contributed by atoms with Gasteiger partial charge in [-0.05, 0) is 86.7 Å². The van der Waals surface area contributed by atoms with E-state index < -0.39 is 102 Å². The number of urea groups is 1. The second kappa shape index (κ2) is 30.3. The predicted octanol–water partition coefficient (Wildman–Crippen LogP) is 7.61. The number of rotatable bonds is 18. The molecule has 25 nitrogen and oxygen atoms in total. The molecule has 1 aliphatic carbocycles. The summed E-state index contributed by atoms with van der Waals surface area (Å²) in [6.45, 7) is -5.38. The smallest absolute Gasteiger partial charge is 0.388 e. The third-order valence-corrected chi connectivity index (χ3v) is 12.7. The number of esters is 1. The first-order valence-electron chi connectivity index (χ1n) is 21.5. The Kier molecular flexibility index (Phi) is 25.3. The van der Waals surface area contributed by atoms with Crippen LogP contribution in [0.25, 0.3) is 6.08 Å². The molecule has 0 unspecified atom stereocenters. The zero-order valence-corrected chi connectivity index (χ0v) is 44.9. The van der Waals surface area contributed by atoms with Crippen molar-refractivity contribution in [3.63, 3.8) is 0 Å². The molecule has 0 spiro atoms. The van der Waals surface area contributed by atoms with Crippen molar-refractivity contribution < 1.29 is 108 Å². The number of carboxylic acid groups (broad SMARTS) is 3. The van der Waals surface area contributed by atoms with E-state index in [0.717, 1.165) is 25.0 Å². The number of imide groups is 1. The third kappa shape index (κ3) is 20.5. The van der Waals surface area contributed by atoms with Crippen LogP contribution in [-0.2, 0) is 38.5 Å². The number of aromatic carboxylic acids is 2. The normalized spacial score (nSPS) is 13.1. The number of hydrogen-bond acceptors (Lipinski definition) is 17. The topological polar surface area (TPSA) is 374 Å². The molecule has 0 fully saturated rings. The first-order valence-corrected chi connectivity index (χ1v) is 26.3. The molecule has 4 amide bonds. The summed E-state index contributed by atoms with van der Waals surface area (Å²) in [7, 11) is -7.47. The molecule has 4 aromatic rings. The zero-order valence-electron chi connectivity index (χ0n) is 40.1. The second-order valence-corrected chi connectivity index (χ2v) is 19.8. The van der Waals surface area contributed by atoms with E-state index in [4.69, 9.17) is 81.0 Å². The summed E-state index contributed by atoms with van der Waals surface area (Å²) < 4.78 is 103. The van der Waals surface area contributed by atoms with Crippen LogP contribution < -0.4 is 34.5 Å². The van der Waals surface area contributed by atoms with E-state index in [1.54, 1.807) is 30.4 Å². The maximum atomic E-state index is 12.7. The molecule has 0 radical (unpaired) electrons. The lowest BCUT2D eigenvalue weighted by molar-refractivity contribution is -0.138. The molecule has 0 saturated carbocycles. The number of nitrogens with zero attached hydrogens (tertiary/aromatic N) is 3. The van der Waals surface area contributed by atoms with Crippen molar-refractivity contribution in [1.29, 1.82) is 0 Å². The fourth-order valence-corrected chi connectivity index (χ4v) is 8.65. The van der Waals surface area contributed by atoms with Gasteiger partial charge < -0.3 is 44.1 Å².